The molecule has 5 nitrogen and oxygen atoms in total. The number of ether oxygens (including phenoxy) is 2. The summed E-state index contributed by atoms with van der Waals surface area (Å²) in [6, 6.07) is 0. The molecule has 1 aliphatic carbocycles. The minimum absolute atomic E-state index is 0.249. The predicted octanol–water partition coefficient (Wildman–Crippen LogP) is 3.30. The van der Waals surface area contributed by atoms with E-state index >= 15 is 0 Å². The Balaban J connectivity index is 2.39. The van der Waals surface area contributed by atoms with Crippen molar-refractivity contribution >= 4 is 18.2 Å². The van der Waals surface area contributed by atoms with Crippen LogP contribution in [0.5, 0.6) is 0 Å². The topological polar surface area (TPSA) is 69.7 Å². The normalized spacial score (nSPS) is 28.2. The van der Waals surface area contributed by atoms with Crippen LogP contribution in [-0.2, 0) is 23.9 Å². The number of carbonyl (C=O) groups excluding carboxylic acids is 3. The molecule has 1 heterocycles. The zero-order valence-corrected chi connectivity index (χ0v) is 15.1. The molecule has 1 aliphatic heterocycles. The van der Waals surface area contributed by atoms with Gasteiger partial charge in [0.15, 0.2) is 0 Å². The molecule has 0 aromatic carbocycles. The standard InChI is InChI=1S/C20H26O5/c1-5-13(3)19(22)24-17-10-15(11-21)8-6-7-12(2)9-16-18(17)14(4)20(23)25-16/h8-9,11,13,16-18H,4-7,10H2,1-3H3. The summed E-state index contributed by atoms with van der Waals surface area (Å²) in [5.74, 6) is -1.53. The molecule has 2 rings (SSSR count). The van der Waals surface area contributed by atoms with Crippen molar-refractivity contribution in [3.8, 4) is 0 Å². The monoisotopic (exact) mass is 346 g/mol. The number of hydrogen-bond acceptors (Lipinski definition) is 5. The van der Waals surface area contributed by atoms with Gasteiger partial charge in [-0.05, 0) is 37.8 Å². The van der Waals surface area contributed by atoms with E-state index in [2.05, 4.69) is 6.58 Å². The second-order valence-corrected chi connectivity index (χ2v) is 6.86. The van der Waals surface area contributed by atoms with E-state index in [1.54, 1.807) is 6.92 Å². The van der Waals surface area contributed by atoms with Crippen molar-refractivity contribution in [1.29, 1.82) is 0 Å². The average Bonchev–Trinajstić information content (AvgIpc) is 2.85. The Bertz CT molecular complexity index is 628. The second kappa shape index (κ2) is 8.28. The Kier molecular flexibility index (Phi) is 6.34. The molecule has 1 saturated heterocycles. The first kappa shape index (κ1) is 19.2. The quantitative estimate of drug-likeness (QED) is 0.338. The van der Waals surface area contributed by atoms with E-state index in [1.165, 1.54) is 0 Å². The van der Waals surface area contributed by atoms with Crippen molar-refractivity contribution in [3.63, 3.8) is 0 Å². The molecule has 0 saturated carbocycles. The van der Waals surface area contributed by atoms with E-state index in [1.807, 2.05) is 26.0 Å². The molecule has 0 bridgehead atoms. The molecule has 2 aliphatic rings. The average molecular weight is 346 g/mol. The van der Waals surface area contributed by atoms with Crippen LogP contribution in [0.1, 0.15) is 46.5 Å². The van der Waals surface area contributed by atoms with Crippen LogP contribution >= 0.6 is 0 Å². The fourth-order valence-corrected chi connectivity index (χ4v) is 3.12. The first-order valence-corrected chi connectivity index (χ1v) is 8.79. The van der Waals surface area contributed by atoms with Crippen LogP contribution in [0.2, 0.25) is 0 Å². The Morgan fingerprint density at radius 2 is 2.24 bits per heavy atom. The highest BCUT2D eigenvalue weighted by atomic mass is 16.6. The van der Waals surface area contributed by atoms with Gasteiger partial charge in [-0.3, -0.25) is 9.59 Å². The fourth-order valence-electron chi connectivity index (χ4n) is 3.12. The Labute approximate surface area is 148 Å². The highest BCUT2D eigenvalue weighted by Gasteiger charge is 2.44. The smallest absolute Gasteiger partial charge is 0.334 e. The van der Waals surface area contributed by atoms with Crippen molar-refractivity contribution in [1.82, 2.24) is 0 Å². The van der Waals surface area contributed by atoms with Crippen LogP contribution in [0.15, 0.2) is 35.5 Å². The van der Waals surface area contributed by atoms with E-state index < -0.39 is 24.1 Å². The molecule has 4 unspecified atom stereocenters. The number of esters is 2. The summed E-state index contributed by atoms with van der Waals surface area (Å²) in [6.45, 7) is 9.51. The molecule has 25 heavy (non-hydrogen) atoms. The van der Waals surface area contributed by atoms with Gasteiger partial charge in [-0.2, -0.15) is 0 Å². The van der Waals surface area contributed by atoms with Gasteiger partial charge in [-0.25, -0.2) is 4.79 Å². The maximum atomic E-state index is 12.3. The second-order valence-electron chi connectivity index (χ2n) is 6.86. The SMILES string of the molecule is C=C1C(=O)OC2C=C(C)CCC=C(C=O)CC(OC(=O)C(C)CC)C12. The third kappa shape index (κ3) is 4.47. The minimum Gasteiger partial charge on any atom is -0.461 e. The third-order valence-electron chi connectivity index (χ3n) is 4.93. The lowest BCUT2D eigenvalue weighted by atomic mass is 9.85. The lowest BCUT2D eigenvalue weighted by Gasteiger charge is -2.28. The number of carbonyl (C=O) groups is 3. The van der Waals surface area contributed by atoms with Crippen LogP contribution in [-0.4, -0.2) is 30.4 Å². The van der Waals surface area contributed by atoms with E-state index in [-0.39, 0.29) is 18.3 Å². The van der Waals surface area contributed by atoms with Crippen LogP contribution in [0.4, 0.5) is 0 Å². The van der Waals surface area contributed by atoms with Crippen molar-refractivity contribution in [2.24, 2.45) is 11.8 Å². The molecule has 0 aromatic heterocycles. The number of aldehydes is 1. The maximum absolute atomic E-state index is 12.3. The first-order chi connectivity index (χ1) is 11.9. The van der Waals surface area contributed by atoms with Gasteiger partial charge in [-0.15, -0.1) is 0 Å². The van der Waals surface area contributed by atoms with Crippen LogP contribution < -0.4 is 0 Å². The molecule has 5 heteroatoms. The Hall–Kier alpha value is -2.17. The van der Waals surface area contributed by atoms with E-state index in [4.69, 9.17) is 9.47 Å². The molecule has 0 aromatic rings. The molecule has 136 valence electrons. The summed E-state index contributed by atoms with van der Waals surface area (Å²) >= 11 is 0. The van der Waals surface area contributed by atoms with Crippen molar-refractivity contribution in [2.45, 2.75) is 58.7 Å². The summed E-state index contributed by atoms with van der Waals surface area (Å²) in [7, 11) is 0. The third-order valence-corrected chi connectivity index (χ3v) is 4.93. The number of rotatable bonds is 4. The van der Waals surface area contributed by atoms with E-state index in [9.17, 15) is 14.4 Å². The predicted molar refractivity (Wildman–Crippen MR) is 93.6 cm³/mol. The minimum atomic E-state index is -0.649. The largest absolute Gasteiger partial charge is 0.461 e. The summed E-state index contributed by atoms with van der Waals surface area (Å²) in [5, 5.41) is 0. The van der Waals surface area contributed by atoms with Crippen LogP contribution in [0, 0.1) is 11.8 Å². The highest BCUT2D eigenvalue weighted by Crippen LogP contribution is 2.36. The van der Waals surface area contributed by atoms with Gasteiger partial charge in [0.2, 0.25) is 0 Å². The Morgan fingerprint density at radius 3 is 2.88 bits per heavy atom. The zero-order chi connectivity index (χ0) is 18.6. The number of fused-ring (bicyclic) bond motifs is 1. The van der Waals surface area contributed by atoms with E-state index in [0.29, 0.717) is 24.0 Å². The van der Waals surface area contributed by atoms with Crippen molar-refractivity contribution < 1.29 is 23.9 Å². The number of allylic oxidation sites excluding steroid dienone is 2. The Morgan fingerprint density at radius 1 is 1.52 bits per heavy atom. The van der Waals surface area contributed by atoms with Gasteiger partial charge in [0.25, 0.3) is 0 Å². The van der Waals surface area contributed by atoms with Gasteiger partial charge < -0.3 is 9.47 Å². The lowest BCUT2D eigenvalue weighted by molar-refractivity contribution is -0.156. The van der Waals surface area contributed by atoms with Crippen molar-refractivity contribution in [3.05, 3.63) is 35.5 Å². The van der Waals surface area contributed by atoms with Gasteiger partial charge in [0.05, 0.1) is 11.8 Å². The molecule has 0 N–H and O–H groups in total. The summed E-state index contributed by atoms with van der Waals surface area (Å²) in [6.07, 6.45) is 5.82. The van der Waals surface area contributed by atoms with Crippen LogP contribution in [0.25, 0.3) is 0 Å². The molecule has 4 atom stereocenters. The van der Waals surface area contributed by atoms with E-state index in [0.717, 1.165) is 18.3 Å². The zero-order valence-electron chi connectivity index (χ0n) is 15.1. The summed E-state index contributed by atoms with van der Waals surface area (Å²) < 4.78 is 11.1. The fraction of sp³-hybridized carbons (Fsp3) is 0.550. The van der Waals surface area contributed by atoms with Gasteiger partial charge in [0, 0.05) is 12.0 Å². The molecule has 1 fully saturated rings. The van der Waals surface area contributed by atoms with Crippen molar-refractivity contribution in [2.75, 3.05) is 0 Å². The molecular weight excluding hydrogens is 320 g/mol. The summed E-state index contributed by atoms with van der Waals surface area (Å²) in [4.78, 5) is 35.8. The van der Waals surface area contributed by atoms with Gasteiger partial charge in [0.1, 0.15) is 18.5 Å². The maximum Gasteiger partial charge on any atom is 0.334 e. The van der Waals surface area contributed by atoms with Gasteiger partial charge >= 0.3 is 11.9 Å². The molecule has 0 radical (unpaired) electrons. The molecular formula is C20H26O5. The first-order valence-electron chi connectivity index (χ1n) is 8.79. The molecule has 0 spiro atoms. The van der Waals surface area contributed by atoms with Gasteiger partial charge in [-0.1, -0.05) is 32.1 Å². The number of hydrogen-bond donors (Lipinski definition) is 0. The lowest BCUT2D eigenvalue weighted by Crippen LogP contribution is -2.35. The highest BCUT2D eigenvalue weighted by molar-refractivity contribution is 5.91. The van der Waals surface area contributed by atoms with Crippen LogP contribution in [0.3, 0.4) is 0 Å². The summed E-state index contributed by atoms with van der Waals surface area (Å²) in [5.41, 5.74) is 1.93. The molecule has 0 amide bonds.